The SMILES string of the molecule is C1=NSCC1.OCCCc1ccccc1. The van der Waals surface area contributed by atoms with Crippen LogP contribution in [0.2, 0.25) is 0 Å². The topological polar surface area (TPSA) is 32.6 Å². The lowest BCUT2D eigenvalue weighted by molar-refractivity contribution is 0.288. The molecule has 0 saturated carbocycles. The maximum absolute atomic E-state index is 8.53. The minimum absolute atomic E-state index is 0.287. The molecule has 0 fully saturated rings. The van der Waals surface area contributed by atoms with Crippen LogP contribution in [-0.4, -0.2) is 23.7 Å². The summed E-state index contributed by atoms with van der Waals surface area (Å²) in [5.41, 5.74) is 1.30. The highest BCUT2D eigenvalue weighted by Crippen LogP contribution is 2.07. The quantitative estimate of drug-likeness (QED) is 0.799. The van der Waals surface area contributed by atoms with Crippen LogP contribution >= 0.6 is 11.9 Å². The molecule has 1 aliphatic rings. The third kappa shape index (κ3) is 6.31. The third-order valence-electron chi connectivity index (χ3n) is 1.95. The lowest BCUT2D eigenvalue weighted by Crippen LogP contribution is -1.87. The Balaban J connectivity index is 0.000000187. The van der Waals surface area contributed by atoms with E-state index in [1.54, 1.807) is 11.9 Å². The van der Waals surface area contributed by atoms with Crippen LogP contribution in [0.15, 0.2) is 34.7 Å². The molecule has 1 heterocycles. The van der Waals surface area contributed by atoms with Gasteiger partial charge in [0.25, 0.3) is 0 Å². The Morgan fingerprint density at radius 1 is 1.27 bits per heavy atom. The number of hydrogen-bond donors (Lipinski definition) is 1. The van der Waals surface area contributed by atoms with Crippen LogP contribution in [0.4, 0.5) is 0 Å². The van der Waals surface area contributed by atoms with E-state index >= 15 is 0 Å². The van der Waals surface area contributed by atoms with Crippen molar-refractivity contribution >= 4 is 18.2 Å². The normalized spacial score (nSPS) is 13.4. The van der Waals surface area contributed by atoms with Crippen molar-refractivity contribution in [2.24, 2.45) is 4.40 Å². The zero-order valence-corrected chi connectivity index (χ0v) is 9.62. The Bertz CT molecular complexity index is 268. The van der Waals surface area contributed by atoms with Gasteiger partial charge in [0, 0.05) is 18.6 Å². The molecule has 15 heavy (non-hydrogen) atoms. The minimum atomic E-state index is 0.287. The molecule has 0 amide bonds. The van der Waals surface area contributed by atoms with Crippen LogP contribution in [-0.2, 0) is 6.42 Å². The van der Waals surface area contributed by atoms with Crippen molar-refractivity contribution in [2.75, 3.05) is 12.4 Å². The predicted molar refractivity (Wildman–Crippen MR) is 67.4 cm³/mol. The smallest absolute Gasteiger partial charge is 0.0434 e. The van der Waals surface area contributed by atoms with E-state index in [1.165, 1.54) is 17.7 Å². The summed E-state index contributed by atoms with van der Waals surface area (Å²) in [5.74, 6) is 1.19. The monoisotopic (exact) mass is 223 g/mol. The number of benzene rings is 1. The third-order valence-corrected chi connectivity index (χ3v) is 2.67. The number of hydrogen-bond acceptors (Lipinski definition) is 3. The van der Waals surface area contributed by atoms with E-state index in [4.69, 9.17) is 5.11 Å². The van der Waals surface area contributed by atoms with Gasteiger partial charge < -0.3 is 5.11 Å². The summed E-state index contributed by atoms with van der Waals surface area (Å²) in [6, 6.07) is 10.2. The number of aryl methyl sites for hydroxylation is 1. The molecule has 0 spiro atoms. The summed E-state index contributed by atoms with van der Waals surface area (Å²) in [6.07, 6.45) is 4.97. The highest BCUT2D eigenvalue weighted by Gasteiger charge is 1.88. The average Bonchev–Trinajstić information content (AvgIpc) is 2.86. The fraction of sp³-hybridized carbons (Fsp3) is 0.417. The van der Waals surface area contributed by atoms with E-state index in [2.05, 4.69) is 16.5 Å². The van der Waals surface area contributed by atoms with Gasteiger partial charge in [-0.1, -0.05) is 30.3 Å². The molecule has 0 atom stereocenters. The van der Waals surface area contributed by atoms with Crippen molar-refractivity contribution in [3.05, 3.63) is 35.9 Å². The van der Waals surface area contributed by atoms with E-state index in [9.17, 15) is 0 Å². The van der Waals surface area contributed by atoms with Crippen molar-refractivity contribution in [2.45, 2.75) is 19.3 Å². The van der Waals surface area contributed by atoms with E-state index in [0.717, 1.165) is 12.8 Å². The molecule has 82 valence electrons. The first-order valence-corrected chi connectivity index (χ1v) is 6.16. The molecule has 1 aliphatic heterocycles. The van der Waals surface area contributed by atoms with Gasteiger partial charge in [0.1, 0.15) is 0 Å². The average molecular weight is 223 g/mol. The molecule has 1 N–H and O–H groups in total. The lowest BCUT2D eigenvalue weighted by atomic mass is 10.1. The number of rotatable bonds is 3. The van der Waals surface area contributed by atoms with Crippen molar-refractivity contribution < 1.29 is 5.11 Å². The molecule has 0 radical (unpaired) electrons. The summed E-state index contributed by atoms with van der Waals surface area (Å²) >= 11 is 1.64. The predicted octanol–water partition coefficient (Wildman–Crippen LogP) is 2.72. The van der Waals surface area contributed by atoms with E-state index in [-0.39, 0.29) is 6.61 Å². The van der Waals surface area contributed by atoms with Crippen molar-refractivity contribution in [1.29, 1.82) is 0 Å². The fourth-order valence-electron chi connectivity index (χ4n) is 1.19. The van der Waals surface area contributed by atoms with Gasteiger partial charge in [-0.2, -0.15) is 0 Å². The molecule has 2 nitrogen and oxygen atoms in total. The summed E-state index contributed by atoms with van der Waals surface area (Å²) in [4.78, 5) is 0. The Kier molecular flexibility index (Phi) is 6.96. The first-order chi connectivity index (χ1) is 7.43. The Labute approximate surface area is 95.6 Å². The van der Waals surface area contributed by atoms with Gasteiger partial charge in [-0.15, -0.1) is 0 Å². The molecular weight excluding hydrogens is 206 g/mol. The highest BCUT2D eigenvalue weighted by atomic mass is 32.2. The van der Waals surface area contributed by atoms with E-state index in [0.29, 0.717) is 0 Å². The Morgan fingerprint density at radius 2 is 2.07 bits per heavy atom. The zero-order chi connectivity index (χ0) is 10.8. The van der Waals surface area contributed by atoms with Gasteiger partial charge in [-0.3, -0.25) is 0 Å². The number of aliphatic hydroxyl groups excluding tert-OH is 1. The second kappa shape index (κ2) is 8.50. The molecule has 2 rings (SSSR count). The maximum atomic E-state index is 8.53. The van der Waals surface area contributed by atoms with Crippen LogP contribution in [0.3, 0.4) is 0 Å². The van der Waals surface area contributed by atoms with Crippen molar-refractivity contribution in [1.82, 2.24) is 0 Å². The van der Waals surface area contributed by atoms with Crippen LogP contribution < -0.4 is 0 Å². The van der Waals surface area contributed by atoms with Crippen molar-refractivity contribution in [3.8, 4) is 0 Å². The lowest BCUT2D eigenvalue weighted by Gasteiger charge is -1.96. The molecule has 0 bridgehead atoms. The Hall–Kier alpha value is -0.800. The molecule has 1 aromatic carbocycles. The fourth-order valence-corrected chi connectivity index (χ4v) is 1.72. The van der Waals surface area contributed by atoms with Crippen LogP contribution in [0.1, 0.15) is 18.4 Å². The minimum Gasteiger partial charge on any atom is -0.396 e. The van der Waals surface area contributed by atoms with E-state index < -0.39 is 0 Å². The number of aliphatic hydroxyl groups is 1. The van der Waals surface area contributed by atoms with Gasteiger partial charge >= 0.3 is 0 Å². The summed E-state index contributed by atoms with van der Waals surface area (Å²) < 4.78 is 3.88. The molecular formula is C12H17NOS. The second-order valence-corrected chi connectivity index (χ2v) is 4.10. The van der Waals surface area contributed by atoms with Crippen LogP contribution in [0.25, 0.3) is 0 Å². The maximum Gasteiger partial charge on any atom is 0.0434 e. The van der Waals surface area contributed by atoms with Crippen LogP contribution in [0, 0.1) is 0 Å². The van der Waals surface area contributed by atoms with Gasteiger partial charge in [-0.05, 0) is 36.8 Å². The first kappa shape index (κ1) is 12.3. The summed E-state index contributed by atoms with van der Waals surface area (Å²) in [5, 5.41) is 8.53. The first-order valence-electron chi connectivity index (χ1n) is 5.22. The van der Waals surface area contributed by atoms with Gasteiger partial charge in [0.05, 0.1) is 0 Å². The molecule has 0 unspecified atom stereocenters. The molecule has 0 saturated heterocycles. The van der Waals surface area contributed by atoms with Crippen molar-refractivity contribution in [3.63, 3.8) is 0 Å². The van der Waals surface area contributed by atoms with Gasteiger partial charge in [0.2, 0.25) is 0 Å². The van der Waals surface area contributed by atoms with E-state index in [1.807, 2.05) is 24.4 Å². The largest absolute Gasteiger partial charge is 0.396 e. The molecule has 0 aliphatic carbocycles. The Morgan fingerprint density at radius 3 is 2.53 bits per heavy atom. The zero-order valence-electron chi connectivity index (χ0n) is 8.80. The molecule has 0 aromatic heterocycles. The van der Waals surface area contributed by atoms with Gasteiger partial charge in [-0.25, -0.2) is 4.40 Å². The van der Waals surface area contributed by atoms with Gasteiger partial charge in [0.15, 0.2) is 0 Å². The molecule has 1 aromatic rings. The standard InChI is InChI=1S/C9H12O.C3H5NS/c10-8-4-7-9-5-2-1-3-6-9;1-2-4-5-3-1/h1-3,5-6,10H,4,7-8H2;2H,1,3H2. The molecule has 3 heteroatoms. The second-order valence-electron chi connectivity index (χ2n) is 3.22. The van der Waals surface area contributed by atoms with Crippen LogP contribution in [0.5, 0.6) is 0 Å². The highest BCUT2D eigenvalue weighted by molar-refractivity contribution is 7.98. The summed E-state index contributed by atoms with van der Waals surface area (Å²) in [7, 11) is 0. The summed E-state index contributed by atoms with van der Waals surface area (Å²) in [6.45, 7) is 0.287. The number of nitrogens with zero attached hydrogens (tertiary/aromatic N) is 1.